The van der Waals surface area contributed by atoms with Gasteiger partial charge in [-0.15, -0.1) is 0 Å². The summed E-state index contributed by atoms with van der Waals surface area (Å²) in [6.07, 6.45) is 7.27. The van der Waals surface area contributed by atoms with Gasteiger partial charge in [-0.25, -0.2) is 0 Å². The van der Waals surface area contributed by atoms with Crippen LogP contribution >= 0.6 is 0 Å². The number of hydrogen-bond acceptors (Lipinski definition) is 3. The number of fused-ring (bicyclic) bond motifs is 1. The van der Waals surface area contributed by atoms with Gasteiger partial charge in [-0.05, 0) is 42.9 Å². The average Bonchev–Trinajstić information content (AvgIpc) is 3.44. The van der Waals surface area contributed by atoms with Gasteiger partial charge in [0.05, 0.1) is 5.56 Å². The van der Waals surface area contributed by atoms with E-state index in [4.69, 9.17) is 0 Å². The van der Waals surface area contributed by atoms with Crippen LogP contribution in [0.3, 0.4) is 0 Å². The van der Waals surface area contributed by atoms with E-state index < -0.39 is 0 Å². The van der Waals surface area contributed by atoms with E-state index in [-0.39, 0.29) is 11.5 Å². The summed E-state index contributed by atoms with van der Waals surface area (Å²) in [7, 11) is 0. The maximum absolute atomic E-state index is 12.7. The van der Waals surface area contributed by atoms with Crippen molar-refractivity contribution in [1.29, 1.82) is 0 Å². The maximum Gasteiger partial charge on any atom is 0.255 e. The van der Waals surface area contributed by atoms with Gasteiger partial charge in [-0.2, -0.15) is 0 Å². The molecule has 2 aromatic rings. The van der Waals surface area contributed by atoms with Crippen LogP contribution < -0.4 is 5.56 Å². The summed E-state index contributed by atoms with van der Waals surface area (Å²) in [5, 5.41) is 0. The van der Waals surface area contributed by atoms with Crippen molar-refractivity contribution in [3.63, 3.8) is 0 Å². The molecule has 0 unspecified atom stereocenters. The molecule has 0 radical (unpaired) electrons. The van der Waals surface area contributed by atoms with E-state index in [1.54, 1.807) is 30.6 Å². The number of pyridine rings is 2. The fourth-order valence-electron chi connectivity index (χ4n) is 3.43. The standard InChI is InChI=1S/C19H21N3O2/c23-18-6-5-15-7-10-21(19(24)16-2-1-9-20-12-16)11-8-17(15)22(18)13-14-3-4-14/h1-2,5-6,9,12,14H,3-4,7-8,10-11,13H2. The number of aromatic nitrogens is 2. The first kappa shape index (κ1) is 15.1. The molecule has 2 aromatic heterocycles. The van der Waals surface area contributed by atoms with Crippen LogP contribution in [-0.4, -0.2) is 33.4 Å². The summed E-state index contributed by atoms with van der Waals surface area (Å²) in [5.41, 5.74) is 3.04. The largest absolute Gasteiger partial charge is 0.338 e. The lowest BCUT2D eigenvalue weighted by Gasteiger charge is -2.20. The molecule has 0 aromatic carbocycles. The van der Waals surface area contributed by atoms with Gasteiger partial charge in [0.25, 0.3) is 11.5 Å². The zero-order valence-corrected chi connectivity index (χ0v) is 13.6. The Balaban J connectivity index is 1.57. The van der Waals surface area contributed by atoms with Gasteiger partial charge >= 0.3 is 0 Å². The Hall–Kier alpha value is -2.43. The van der Waals surface area contributed by atoms with Crippen molar-refractivity contribution in [1.82, 2.24) is 14.5 Å². The second kappa shape index (κ2) is 6.23. The topological polar surface area (TPSA) is 55.2 Å². The Bertz CT molecular complexity index is 809. The quantitative estimate of drug-likeness (QED) is 0.867. The molecule has 1 aliphatic carbocycles. The van der Waals surface area contributed by atoms with Crippen molar-refractivity contribution in [3.8, 4) is 0 Å². The summed E-state index contributed by atoms with van der Waals surface area (Å²) >= 11 is 0. The van der Waals surface area contributed by atoms with Crippen LogP contribution in [0, 0.1) is 5.92 Å². The number of carbonyl (C=O) groups is 1. The summed E-state index contributed by atoms with van der Waals surface area (Å²) < 4.78 is 1.95. The Morgan fingerprint density at radius 1 is 1.17 bits per heavy atom. The van der Waals surface area contributed by atoms with Crippen LogP contribution in [0.5, 0.6) is 0 Å². The lowest BCUT2D eigenvalue weighted by molar-refractivity contribution is 0.0762. The average molecular weight is 323 g/mol. The molecule has 5 heteroatoms. The number of carbonyl (C=O) groups excluding carboxylic acids is 1. The Labute approximate surface area is 140 Å². The fourth-order valence-corrected chi connectivity index (χ4v) is 3.43. The Kier molecular flexibility index (Phi) is 3.92. The Morgan fingerprint density at radius 3 is 2.75 bits per heavy atom. The smallest absolute Gasteiger partial charge is 0.255 e. The highest BCUT2D eigenvalue weighted by Crippen LogP contribution is 2.31. The lowest BCUT2D eigenvalue weighted by atomic mass is 10.1. The van der Waals surface area contributed by atoms with Gasteiger partial charge in [0.1, 0.15) is 0 Å². The van der Waals surface area contributed by atoms with E-state index >= 15 is 0 Å². The van der Waals surface area contributed by atoms with Gasteiger partial charge in [-0.1, -0.05) is 6.07 Å². The van der Waals surface area contributed by atoms with Crippen molar-refractivity contribution >= 4 is 5.91 Å². The third kappa shape index (κ3) is 2.98. The zero-order valence-electron chi connectivity index (χ0n) is 13.6. The van der Waals surface area contributed by atoms with Crippen LogP contribution in [0.25, 0.3) is 0 Å². The molecule has 0 N–H and O–H groups in total. The molecule has 3 heterocycles. The van der Waals surface area contributed by atoms with Gasteiger partial charge in [-0.3, -0.25) is 14.6 Å². The number of nitrogens with zero attached hydrogens (tertiary/aromatic N) is 3. The van der Waals surface area contributed by atoms with Gasteiger partial charge < -0.3 is 9.47 Å². The fraction of sp³-hybridized carbons (Fsp3) is 0.421. The van der Waals surface area contributed by atoms with Gasteiger partial charge in [0.15, 0.2) is 0 Å². The first-order chi connectivity index (χ1) is 11.7. The van der Waals surface area contributed by atoms with Crippen molar-refractivity contribution in [3.05, 3.63) is 63.8 Å². The monoisotopic (exact) mass is 323 g/mol. The van der Waals surface area contributed by atoms with E-state index in [9.17, 15) is 9.59 Å². The minimum atomic E-state index is 0.0204. The van der Waals surface area contributed by atoms with Crippen LogP contribution in [0.2, 0.25) is 0 Å². The van der Waals surface area contributed by atoms with Crippen molar-refractivity contribution in [2.45, 2.75) is 32.2 Å². The van der Waals surface area contributed by atoms with E-state index in [1.807, 2.05) is 15.5 Å². The Morgan fingerprint density at radius 2 is 2.00 bits per heavy atom. The molecule has 24 heavy (non-hydrogen) atoms. The van der Waals surface area contributed by atoms with Gasteiger partial charge in [0.2, 0.25) is 0 Å². The third-order valence-electron chi connectivity index (χ3n) is 4.99. The molecule has 124 valence electrons. The van der Waals surface area contributed by atoms with Crippen LogP contribution in [-0.2, 0) is 19.4 Å². The van der Waals surface area contributed by atoms with E-state index in [0.717, 1.165) is 25.1 Å². The highest BCUT2D eigenvalue weighted by atomic mass is 16.2. The molecule has 4 rings (SSSR count). The van der Waals surface area contributed by atoms with Crippen LogP contribution in [0.15, 0.2) is 41.5 Å². The molecule has 2 aliphatic rings. The summed E-state index contributed by atoms with van der Waals surface area (Å²) in [5.74, 6) is 0.678. The molecule has 0 bridgehead atoms. The van der Waals surface area contributed by atoms with Crippen molar-refractivity contribution in [2.75, 3.05) is 13.1 Å². The van der Waals surface area contributed by atoms with E-state index in [1.165, 1.54) is 18.4 Å². The molecule has 1 amide bonds. The number of rotatable bonds is 3. The molecule has 1 aliphatic heterocycles. The molecule has 1 saturated carbocycles. The molecular weight excluding hydrogens is 302 g/mol. The zero-order chi connectivity index (χ0) is 16.5. The molecule has 5 nitrogen and oxygen atoms in total. The predicted molar refractivity (Wildman–Crippen MR) is 91.0 cm³/mol. The first-order valence-electron chi connectivity index (χ1n) is 8.63. The second-order valence-corrected chi connectivity index (χ2v) is 6.73. The van der Waals surface area contributed by atoms with Crippen molar-refractivity contribution in [2.24, 2.45) is 5.92 Å². The molecule has 0 saturated heterocycles. The lowest BCUT2D eigenvalue weighted by Crippen LogP contribution is -2.33. The first-order valence-corrected chi connectivity index (χ1v) is 8.63. The second-order valence-electron chi connectivity index (χ2n) is 6.73. The molecule has 1 fully saturated rings. The summed E-state index contributed by atoms with van der Waals surface area (Å²) in [6.45, 7) is 2.16. The minimum Gasteiger partial charge on any atom is -0.338 e. The highest BCUT2D eigenvalue weighted by Gasteiger charge is 2.26. The normalized spacial score (nSPS) is 17.2. The third-order valence-corrected chi connectivity index (χ3v) is 4.99. The van der Waals surface area contributed by atoms with Crippen LogP contribution in [0.1, 0.15) is 34.5 Å². The van der Waals surface area contributed by atoms with Crippen LogP contribution in [0.4, 0.5) is 0 Å². The predicted octanol–water partition coefficient (Wildman–Crippen LogP) is 1.89. The van der Waals surface area contributed by atoms with E-state index in [0.29, 0.717) is 24.6 Å². The highest BCUT2D eigenvalue weighted by molar-refractivity contribution is 5.93. The van der Waals surface area contributed by atoms with E-state index in [2.05, 4.69) is 4.98 Å². The maximum atomic E-state index is 12.7. The molecule has 0 atom stereocenters. The summed E-state index contributed by atoms with van der Waals surface area (Å²) in [6, 6.07) is 7.21. The number of amides is 1. The SMILES string of the molecule is O=C(c1cccnc1)N1CCc2ccc(=O)n(CC3CC3)c2CC1. The van der Waals surface area contributed by atoms with Crippen molar-refractivity contribution < 1.29 is 4.79 Å². The summed E-state index contributed by atoms with van der Waals surface area (Å²) in [4.78, 5) is 30.9. The number of hydrogen-bond donors (Lipinski definition) is 0. The minimum absolute atomic E-state index is 0.0204. The van der Waals surface area contributed by atoms with Gasteiger partial charge in [0, 0.05) is 50.2 Å². The molecular formula is C19H21N3O2. The molecule has 0 spiro atoms.